The van der Waals surface area contributed by atoms with Crippen LogP contribution in [0.25, 0.3) is 0 Å². The standard InChI is InChI=1S/C8H7FOS/c9-5-6-3-1-2-4-7(6)8(10)11/h1-4H,5H2,(H,10,11). The summed E-state index contributed by atoms with van der Waals surface area (Å²) in [5, 5.41) is -0.391. The zero-order valence-electron chi connectivity index (χ0n) is 5.75. The first-order valence-corrected chi connectivity index (χ1v) is 3.57. The summed E-state index contributed by atoms with van der Waals surface area (Å²) in [5.41, 5.74) is 0.742. The Kier molecular flexibility index (Phi) is 2.65. The second-order valence-electron chi connectivity index (χ2n) is 2.10. The Hall–Kier alpha value is -0.830. The summed E-state index contributed by atoms with van der Waals surface area (Å²) < 4.78 is 12.2. The van der Waals surface area contributed by atoms with Crippen LogP contribution in [0, 0.1) is 0 Å². The van der Waals surface area contributed by atoms with Gasteiger partial charge in [-0.25, -0.2) is 4.39 Å². The molecule has 0 heterocycles. The number of thiol groups is 1. The quantitative estimate of drug-likeness (QED) is 0.673. The van der Waals surface area contributed by atoms with Gasteiger partial charge in [0.05, 0.1) is 0 Å². The SMILES string of the molecule is O=C(S)c1ccccc1CF. The van der Waals surface area contributed by atoms with Crippen LogP contribution in [0.2, 0.25) is 0 Å². The molecule has 0 bridgehead atoms. The third-order valence-corrected chi connectivity index (χ3v) is 1.63. The van der Waals surface area contributed by atoms with Gasteiger partial charge < -0.3 is 0 Å². The largest absolute Gasteiger partial charge is 0.282 e. The Morgan fingerprint density at radius 1 is 1.45 bits per heavy atom. The first-order valence-electron chi connectivity index (χ1n) is 3.13. The van der Waals surface area contributed by atoms with E-state index in [9.17, 15) is 9.18 Å². The van der Waals surface area contributed by atoms with E-state index < -0.39 is 11.8 Å². The number of carbonyl (C=O) groups is 1. The van der Waals surface area contributed by atoms with Crippen molar-refractivity contribution < 1.29 is 9.18 Å². The maximum Gasteiger partial charge on any atom is 0.216 e. The zero-order valence-corrected chi connectivity index (χ0v) is 6.64. The first kappa shape index (κ1) is 8.27. The van der Waals surface area contributed by atoms with Gasteiger partial charge in [-0.05, 0) is 5.56 Å². The van der Waals surface area contributed by atoms with Gasteiger partial charge in [0, 0.05) is 5.56 Å². The van der Waals surface area contributed by atoms with Crippen molar-refractivity contribution in [1.82, 2.24) is 0 Å². The van der Waals surface area contributed by atoms with Crippen LogP contribution in [-0.2, 0) is 6.67 Å². The van der Waals surface area contributed by atoms with Crippen LogP contribution in [-0.4, -0.2) is 5.12 Å². The molecule has 0 fully saturated rings. The van der Waals surface area contributed by atoms with Crippen molar-refractivity contribution in [3.63, 3.8) is 0 Å². The molecule has 0 N–H and O–H groups in total. The molecular weight excluding hydrogens is 163 g/mol. The third-order valence-electron chi connectivity index (χ3n) is 1.39. The molecule has 0 aliphatic heterocycles. The number of rotatable bonds is 2. The third kappa shape index (κ3) is 1.80. The van der Waals surface area contributed by atoms with E-state index in [4.69, 9.17) is 0 Å². The number of hydrogen-bond donors (Lipinski definition) is 1. The van der Waals surface area contributed by atoms with E-state index in [1.54, 1.807) is 24.3 Å². The van der Waals surface area contributed by atoms with Crippen LogP contribution in [0.4, 0.5) is 4.39 Å². The molecule has 0 saturated heterocycles. The maximum absolute atomic E-state index is 12.2. The second kappa shape index (κ2) is 3.53. The van der Waals surface area contributed by atoms with E-state index in [0.29, 0.717) is 11.1 Å². The molecule has 0 atom stereocenters. The lowest BCUT2D eigenvalue weighted by Crippen LogP contribution is -1.94. The maximum atomic E-state index is 12.2. The fourth-order valence-electron chi connectivity index (χ4n) is 0.845. The lowest BCUT2D eigenvalue weighted by Gasteiger charge is -1.99. The summed E-state index contributed by atoms with van der Waals surface area (Å²) in [6, 6.07) is 6.51. The number of halogens is 1. The zero-order chi connectivity index (χ0) is 8.27. The molecular formula is C8H7FOS. The van der Waals surface area contributed by atoms with Crippen LogP contribution in [0.15, 0.2) is 24.3 Å². The molecule has 0 radical (unpaired) electrons. The van der Waals surface area contributed by atoms with Crippen LogP contribution in [0.5, 0.6) is 0 Å². The van der Waals surface area contributed by atoms with Gasteiger partial charge in [-0.15, -0.1) is 12.6 Å². The summed E-state index contributed by atoms with van der Waals surface area (Å²) in [4.78, 5) is 10.7. The molecule has 0 saturated carbocycles. The summed E-state index contributed by atoms with van der Waals surface area (Å²) in [7, 11) is 0. The summed E-state index contributed by atoms with van der Waals surface area (Å²) in [6.07, 6.45) is 0. The summed E-state index contributed by atoms with van der Waals surface area (Å²) >= 11 is 3.61. The number of hydrogen-bond acceptors (Lipinski definition) is 1. The fraction of sp³-hybridized carbons (Fsp3) is 0.125. The molecule has 0 aliphatic carbocycles. The Balaban J connectivity index is 3.12. The number of benzene rings is 1. The highest BCUT2D eigenvalue weighted by atomic mass is 32.1. The molecule has 0 aliphatic rings. The molecule has 1 rings (SSSR count). The van der Waals surface area contributed by atoms with Gasteiger partial charge in [0.1, 0.15) is 6.67 Å². The summed E-state index contributed by atoms with van der Waals surface area (Å²) in [5.74, 6) is 0. The number of carbonyl (C=O) groups excluding carboxylic acids is 1. The fourth-order valence-corrected chi connectivity index (χ4v) is 1.06. The van der Waals surface area contributed by atoms with Crippen molar-refractivity contribution in [1.29, 1.82) is 0 Å². The smallest absolute Gasteiger partial charge is 0.216 e. The van der Waals surface area contributed by atoms with Crippen LogP contribution in [0.3, 0.4) is 0 Å². The van der Waals surface area contributed by atoms with Crippen molar-refractivity contribution in [2.24, 2.45) is 0 Å². The molecule has 1 nitrogen and oxygen atoms in total. The van der Waals surface area contributed by atoms with Crippen molar-refractivity contribution in [2.45, 2.75) is 6.67 Å². The predicted molar refractivity (Wildman–Crippen MR) is 44.6 cm³/mol. The highest BCUT2D eigenvalue weighted by Gasteiger charge is 2.04. The molecule has 1 aromatic rings. The summed E-state index contributed by atoms with van der Waals surface area (Å²) in [6.45, 7) is -0.623. The van der Waals surface area contributed by atoms with Crippen molar-refractivity contribution in [3.05, 3.63) is 35.4 Å². The van der Waals surface area contributed by atoms with Gasteiger partial charge in [0.25, 0.3) is 0 Å². The Morgan fingerprint density at radius 2 is 2.09 bits per heavy atom. The Labute approximate surface area is 69.6 Å². The predicted octanol–water partition coefficient (Wildman–Crippen LogP) is 2.23. The molecule has 11 heavy (non-hydrogen) atoms. The van der Waals surface area contributed by atoms with E-state index >= 15 is 0 Å². The average Bonchev–Trinajstić information content (AvgIpc) is 2.04. The molecule has 58 valence electrons. The topological polar surface area (TPSA) is 17.1 Å². The molecule has 0 aromatic heterocycles. The van der Waals surface area contributed by atoms with Crippen LogP contribution >= 0.6 is 12.6 Å². The highest BCUT2D eigenvalue weighted by Crippen LogP contribution is 2.11. The highest BCUT2D eigenvalue weighted by molar-refractivity contribution is 7.97. The lowest BCUT2D eigenvalue weighted by molar-refractivity contribution is 0.109. The van der Waals surface area contributed by atoms with Crippen LogP contribution < -0.4 is 0 Å². The second-order valence-corrected chi connectivity index (χ2v) is 2.50. The van der Waals surface area contributed by atoms with Gasteiger partial charge in [-0.2, -0.15) is 0 Å². The van der Waals surface area contributed by atoms with Crippen molar-refractivity contribution in [3.8, 4) is 0 Å². The van der Waals surface area contributed by atoms with Gasteiger partial charge >= 0.3 is 0 Å². The minimum absolute atomic E-state index is 0.346. The van der Waals surface area contributed by atoms with Crippen molar-refractivity contribution in [2.75, 3.05) is 0 Å². The van der Waals surface area contributed by atoms with E-state index in [2.05, 4.69) is 12.6 Å². The minimum atomic E-state index is -0.623. The Morgan fingerprint density at radius 3 is 2.55 bits per heavy atom. The monoisotopic (exact) mass is 170 g/mol. The number of alkyl halides is 1. The molecule has 0 amide bonds. The minimum Gasteiger partial charge on any atom is -0.282 e. The van der Waals surface area contributed by atoms with Crippen molar-refractivity contribution >= 4 is 17.7 Å². The normalized spacial score (nSPS) is 9.64. The van der Waals surface area contributed by atoms with Gasteiger partial charge in [0.15, 0.2) is 0 Å². The molecule has 0 unspecified atom stereocenters. The van der Waals surface area contributed by atoms with Gasteiger partial charge in [0.2, 0.25) is 5.12 Å². The van der Waals surface area contributed by atoms with E-state index in [0.717, 1.165) is 0 Å². The van der Waals surface area contributed by atoms with Gasteiger partial charge in [-0.1, -0.05) is 24.3 Å². The van der Waals surface area contributed by atoms with E-state index in [-0.39, 0.29) is 0 Å². The Bertz CT molecular complexity index is 273. The lowest BCUT2D eigenvalue weighted by atomic mass is 10.1. The van der Waals surface area contributed by atoms with Gasteiger partial charge in [-0.3, -0.25) is 4.79 Å². The van der Waals surface area contributed by atoms with E-state index in [1.165, 1.54) is 0 Å². The van der Waals surface area contributed by atoms with E-state index in [1.807, 2.05) is 0 Å². The molecule has 1 aromatic carbocycles. The first-order chi connectivity index (χ1) is 5.25. The molecule has 3 heteroatoms. The molecule has 0 spiro atoms. The average molecular weight is 170 g/mol. The van der Waals surface area contributed by atoms with Crippen LogP contribution in [0.1, 0.15) is 15.9 Å².